The maximum Gasteiger partial charge on any atom is 0.408 e. The number of amides is 3. The molecule has 0 aromatic heterocycles. The van der Waals surface area contributed by atoms with Crippen LogP contribution in [0.5, 0.6) is 17.2 Å². The first-order chi connectivity index (χ1) is 13.5. The first-order valence-corrected chi connectivity index (χ1v) is 9.27. The Kier molecular flexibility index (Phi) is 6.78. The van der Waals surface area contributed by atoms with Gasteiger partial charge in [-0.25, -0.2) is 4.79 Å². The van der Waals surface area contributed by atoms with Gasteiger partial charge in [-0.1, -0.05) is 0 Å². The molecule has 0 radical (unpaired) electrons. The van der Waals surface area contributed by atoms with Crippen molar-refractivity contribution in [2.75, 3.05) is 32.7 Å². The normalized spacial score (nSPS) is 14.9. The molecule has 29 heavy (non-hydrogen) atoms. The summed E-state index contributed by atoms with van der Waals surface area (Å²) < 4.78 is 5.09. The summed E-state index contributed by atoms with van der Waals surface area (Å²) in [6.45, 7) is 6.29. The summed E-state index contributed by atoms with van der Waals surface area (Å²) in [6, 6.07) is 2.16. The number of aromatic hydroxyl groups is 3. The Hall–Kier alpha value is -3.17. The van der Waals surface area contributed by atoms with Crippen LogP contribution in [-0.2, 0) is 9.53 Å². The van der Waals surface area contributed by atoms with Gasteiger partial charge in [0.2, 0.25) is 5.91 Å². The summed E-state index contributed by atoms with van der Waals surface area (Å²) in [5.41, 5.74) is -0.627. The molecule has 1 fully saturated rings. The molecule has 3 amide bonds. The topological polar surface area (TPSA) is 140 Å². The predicted octanol–water partition coefficient (Wildman–Crippen LogP) is 1.00. The van der Waals surface area contributed by atoms with Crippen LogP contribution in [-0.4, -0.2) is 81.4 Å². The van der Waals surface area contributed by atoms with Crippen LogP contribution < -0.4 is 5.32 Å². The minimum atomic E-state index is -0.688. The summed E-state index contributed by atoms with van der Waals surface area (Å²) in [4.78, 5) is 39.7. The van der Waals surface area contributed by atoms with Crippen LogP contribution in [0.25, 0.3) is 0 Å². The van der Waals surface area contributed by atoms with Gasteiger partial charge < -0.3 is 35.2 Å². The van der Waals surface area contributed by atoms with E-state index in [1.165, 1.54) is 4.90 Å². The Balaban J connectivity index is 1.92. The number of rotatable bonds is 3. The number of phenolic OH excluding ortho intramolecular Hbond substituents is 3. The zero-order valence-corrected chi connectivity index (χ0v) is 16.8. The summed E-state index contributed by atoms with van der Waals surface area (Å²) in [5, 5.41) is 31.0. The number of phenols is 3. The van der Waals surface area contributed by atoms with Crippen LogP contribution in [0.2, 0.25) is 0 Å². The number of carbonyl (C=O) groups is 3. The van der Waals surface area contributed by atoms with E-state index in [1.54, 1.807) is 25.7 Å². The highest BCUT2D eigenvalue weighted by molar-refractivity contribution is 5.95. The quantitative estimate of drug-likeness (QED) is 0.546. The molecule has 1 aromatic rings. The Labute approximate surface area is 168 Å². The number of carbonyl (C=O) groups excluding carboxylic acids is 3. The van der Waals surface area contributed by atoms with Gasteiger partial charge in [0.25, 0.3) is 5.91 Å². The highest BCUT2D eigenvalue weighted by Crippen LogP contribution is 2.35. The zero-order chi connectivity index (χ0) is 21.8. The van der Waals surface area contributed by atoms with Gasteiger partial charge in [0.1, 0.15) is 12.1 Å². The van der Waals surface area contributed by atoms with Gasteiger partial charge in [-0.2, -0.15) is 0 Å². The molecule has 160 valence electrons. The van der Waals surface area contributed by atoms with E-state index in [-0.39, 0.29) is 31.1 Å². The lowest BCUT2D eigenvalue weighted by atomic mass is 10.1. The van der Waals surface area contributed by atoms with E-state index in [9.17, 15) is 29.7 Å². The molecule has 0 atom stereocenters. The molecule has 0 spiro atoms. The molecule has 2 rings (SSSR count). The van der Waals surface area contributed by atoms with Crippen LogP contribution in [0.1, 0.15) is 37.6 Å². The maximum absolute atomic E-state index is 12.6. The number of hydrogen-bond acceptors (Lipinski definition) is 7. The lowest BCUT2D eigenvalue weighted by molar-refractivity contribution is -0.130. The highest BCUT2D eigenvalue weighted by Gasteiger charge is 2.25. The number of nitrogens with zero attached hydrogens (tertiary/aromatic N) is 2. The van der Waals surface area contributed by atoms with Crippen molar-refractivity contribution in [2.24, 2.45) is 0 Å². The van der Waals surface area contributed by atoms with E-state index in [0.717, 1.165) is 12.1 Å². The van der Waals surface area contributed by atoms with Gasteiger partial charge in [0.05, 0.1) is 0 Å². The third kappa shape index (κ3) is 6.16. The molecule has 1 saturated heterocycles. The molecule has 1 aromatic carbocycles. The van der Waals surface area contributed by atoms with Crippen molar-refractivity contribution >= 4 is 17.9 Å². The second-order valence-electron chi connectivity index (χ2n) is 7.75. The van der Waals surface area contributed by atoms with Gasteiger partial charge in [-0.3, -0.25) is 9.59 Å². The molecule has 1 aliphatic heterocycles. The lowest BCUT2D eigenvalue weighted by Crippen LogP contribution is -2.43. The van der Waals surface area contributed by atoms with Gasteiger partial charge in [-0.15, -0.1) is 0 Å². The van der Waals surface area contributed by atoms with Crippen LogP contribution in [0, 0.1) is 0 Å². The third-order valence-corrected chi connectivity index (χ3v) is 4.24. The summed E-state index contributed by atoms with van der Waals surface area (Å²) in [6.07, 6.45) is -0.149. The standard InChI is InChI=1S/C19H27N3O7/c1-19(2,3)29-18(28)20-11-15(25)21-5-4-6-22(8-7-21)17(27)12-9-13(23)16(26)14(24)10-12/h9-10,23-24,26H,4-8,11H2,1-3H3,(H,20,28). The fourth-order valence-electron chi connectivity index (χ4n) is 2.85. The smallest absolute Gasteiger partial charge is 0.408 e. The fraction of sp³-hybridized carbons (Fsp3) is 0.526. The van der Waals surface area contributed by atoms with Crippen molar-refractivity contribution in [3.05, 3.63) is 17.7 Å². The molecular formula is C19H27N3O7. The molecule has 1 aliphatic rings. The van der Waals surface area contributed by atoms with Crippen LogP contribution in [0.3, 0.4) is 0 Å². The first-order valence-electron chi connectivity index (χ1n) is 9.27. The Bertz CT molecular complexity index is 765. The van der Waals surface area contributed by atoms with E-state index < -0.39 is 34.9 Å². The van der Waals surface area contributed by atoms with E-state index in [4.69, 9.17) is 4.74 Å². The minimum absolute atomic E-state index is 0.0316. The van der Waals surface area contributed by atoms with Crippen molar-refractivity contribution in [3.63, 3.8) is 0 Å². The second-order valence-corrected chi connectivity index (χ2v) is 7.75. The van der Waals surface area contributed by atoms with Gasteiger partial charge in [-0.05, 0) is 39.3 Å². The van der Waals surface area contributed by atoms with E-state index in [1.807, 2.05) is 0 Å². The van der Waals surface area contributed by atoms with Crippen molar-refractivity contribution in [1.82, 2.24) is 15.1 Å². The van der Waals surface area contributed by atoms with E-state index >= 15 is 0 Å². The first kappa shape index (κ1) is 22.1. The van der Waals surface area contributed by atoms with Crippen LogP contribution >= 0.6 is 0 Å². The number of hydrogen-bond donors (Lipinski definition) is 4. The molecule has 0 saturated carbocycles. The molecular weight excluding hydrogens is 382 g/mol. The molecule has 10 nitrogen and oxygen atoms in total. The zero-order valence-electron chi connectivity index (χ0n) is 16.8. The number of alkyl carbamates (subject to hydrolysis) is 1. The third-order valence-electron chi connectivity index (χ3n) is 4.24. The number of benzene rings is 1. The molecule has 0 bridgehead atoms. The van der Waals surface area contributed by atoms with E-state index in [0.29, 0.717) is 19.5 Å². The maximum atomic E-state index is 12.6. The van der Waals surface area contributed by atoms with Crippen molar-refractivity contribution in [2.45, 2.75) is 32.8 Å². The van der Waals surface area contributed by atoms with Gasteiger partial charge in [0.15, 0.2) is 17.2 Å². The SMILES string of the molecule is CC(C)(C)OC(=O)NCC(=O)N1CCCN(C(=O)c2cc(O)c(O)c(O)c2)CC1. The molecule has 10 heteroatoms. The highest BCUT2D eigenvalue weighted by atomic mass is 16.6. The predicted molar refractivity (Wildman–Crippen MR) is 103 cm³/mol. The van der Waals surface area contributed by atoms with Crippen LogP contribution in [0.4, 0.5) is 4.79 Å². The van der Waals surface area contributed by atoms with Crippen molar-refractivity contribution in [1.29, 1.82) is 0 Å². The number of nitrogens with one attached hydrogen (secondary N) is 1. The average molecular weight is 409 g/mol. The van der Waals surface area contributed by atoms with E-state index in [2.05, 4.69) is 5.32 Å². The Morgan fingerprint density at radius 3 is 2.14 bits per heavy atom. The Morgan fingerprint density at radius 2 is 1.55 bits per heavy atom. The fourth-order valence-corrected chi connectivity index (χ4v) is 2.85. The van der Waals surface area contributed by atoms with Crippen LogP contribution in [0.15, 0.2) is 12.1 Å². The summed E-state index contributed by atoms with van der Waals surface area (Å²) in [5.74, 6) is -2.59. The Morgan fingerprint density at radius 1 is 1.00 bits per heavy atom. The average Bonchev–Trinajstić information content (AvgIpc) is 2.88. The largest absolute Gasteiger partial charge is 0.504 e. The molecule has 0 unspecified atom stereocenters. The van der Waals surface area contributed by atoms with Crippen molar-refractivity contribution in [3.8, 4) is 17.2 Å². The molecule has 4 N–H and O–H groups in total. The summed E-state index contributed by atoms with van der Waals surface area (Å²) >= 11 is 0. The number of ether oxygens (including phenoxy) is 1. The van der Waals surface area contributed by atoms with Gasteiger partial charge >= 0.3 is 6.09 Å². The van der Waals surface area contributed by atoms with Gasteiger partial charge in [0, 0.05) is 31.7 Å². The summed E-state index contributed by atoms with van der Waals surface area (Å²) in [7, 11) is 0. The molecule has 1 heterocycles. The lowest BCUT2D eigenvalue weighted by Gasteiger charge is -2.23. The molecule has 0 aliphatic carbocycles. The monoisotopic (exact) mass is 409 g/mol. The minimum Gasteiger partial charge on any atom is -0.504 e. The van der Waals surface area contributed by atoms with Crippen molar-refractivity contribution < 1.29 is 34.4 Å². The second kappa shape index (κ2) is 8.89.